The Morgan fingerprint density at radius 2 is 2.09 bits per heavy atom. The van der Waals surface area contributed by atoms with Gasteiger partial charge in [-0.15, -0.1) is 0 Å². The molecule has 0 aliphatic carbocycles. The van der Waals surface area contributed by atoms with E-state index >= 15 is 0 Å². The molecule has 3 heterocycles. The van der Waals surface area contributed by atoms with Gasteiger partial charge in [0.05, 0.1) is 26.2 Å². The molecule has 1 fully saturated rings. The number of quaternary nitrogens is 1. The number of anilines is 1. The van der Waals surface area contributed by atoms with E-state index in [0.29, 0.717) is 0 Å². The SMILES string of the molecule is Cc1ccc2[nH]c3c(NCC[NH+]4CCCC4)ncnc3c2c1. The van der Waals surface area contributed by atoms with Gasteiger partial charge in [-0.2, -0.15) is 0 Å². The molecule has 3 N–H and O–H groups in total. The van der Waals surface area contributed by atoms with Crippen molar-refractivity contribution in [2.75, 3.05) is 31.5 Å². The molecule has 1 aliphatic heterocycles. The minimum atomic E-state index is 0.914. The second kappa shape index (κ2) is 5.57. The molecule has 3 aromatic rings. The fourth-order valence-corrected chi connectivity index (χ4v) is 3.42. The van der Waals surface area contributed by atoms with Gasteiger partial charge in [-0.3, -0.25) is 0 Å². The number of nitrogens with one attached hydrogen (secondary N) is 3. The minimum absolute atomic E-state index is 0.914. The summed E-state index contributed by atoms with van der Waals surface area (Å²) in [4.78, 5) is 14.1. The van der Waals surface area contributed by atoms with Gasteiger partial charge in [0.1, 0.15) is 17.4 Å². The Morgan fingerprint density at radius 3 is 2.95 bits per heavy atom. The van der Waals surface area contributed by atoms with Crippen LogP contribution in [0.25, 0.3) is 21.9 Å². The number of H-pyrrole nitrogens is 1. The van der Waals surface area contributed by atoms with Crippen molar-refractivity contribution in [3.05, 3.63) is 30.1 Å². The predicted molar refractivity (Wildman–Crippen MR) is 89.4 cm³/mol. The standard InChI is InChI=1S/C17H21N5/c1-12-4-5-14-13(10-12)15-16(21-14)17(20-11-19-15)18-6-9-22-7-2-3-8-22/h4-5,10-11,21H,2-3,6-9H2,1H3,(H,18,19,20)/p+1. The number of aromatic nitrogens is 3. The Balaban J connectivity index is 1.61. The third-order valence-electron chi connectivity index (χ3n) is 4.62. The van der Waals surface area contributed by atoms with E-state index < -0.39 is 0 Å². The van der Waals surface area contributed by atoms with Crippen LogP contribution in [0.4, 0.5) is 5.82 Å². The van der Waals surface area contributed by atoms with Crippen LogP contribution in [0.3, 0.4) is 0 Å². The minimum Gasteiger partial charge on any atom is -0.363 e. The van der Waals surface area contributed by atoms with E-state index in [1.54, 1.807) is 11.2 Å². The fourth-order valence-electron chi connectivity index (χ4n) is 3.42. The van der Waals surface area contributed by atoms with Crippen molar-refractivity contribution in [3.8, 4) is 0 Å². The van der Waals surface area contributed by atoms with Crippen LogP contribution in [-0.2, 0) is 0 Å². The van der Waals surface area contributed by atoms with Crippen LogP contribution in [0.2, 0.25) is 0 Å². The summed E-state index contributed by atoms with van der Waals surface area (Å²) in [6, 6.07) is 6.42. The van der Waals surface area contributed by atoms with Crippen molar-refractivity contribution in [1.82, 2.24) is 15.0 Å². The van der Waals surface area contributed by atoms with Gasteiger partial charge in [0.2, 0.25) is 0 Å². The average Bonchev–Trinajstić information content (AvgIpc) is 3.15. The third-order valence-corrected chi connectivity index (χ3v) is 4.62. The topological polar surface area (TPSA) is 58.0 Å². The highest BCUT2D eigenvalue weighted by molar-refractivity contribution is 6.08. The number of hydrogen-bond donors (Lipinski definition) is 3. The lowest BCUT2D eigenvalue weighted by molar-refractivity contribution is -0.885. The molecule has 0 bridgehead atoms. The van der Waals surface area contributed by atoms with Gasteiger partial charge in [-0.25, -0.2) is 9.97 Å². The lowest BCUT2D eigenvalue weighted by atomic mass is 10.1. The van der Waals surface area contributed by atoms with Crippen LogP contribution >= 0.6 is 0 Å². The summed E-state index contributed by atoms with van der Waals surface area (Å²) in [5.74, 6) is 0.914. The Hall–Kier alpha value is -2.14. The van der Waals surface area contributed by atoms with Crippen molar-refractivity contribution in [2.24, 2.45) is 0 Å². The Labute approximate surface area is 129 Å². The zero-order chi connectivity index (χ0) is 14.9. The molecular formula is C17H22N5+. The highest BCUT2D eigenvalue weighted by atomic mass is 15.2. The van der Waals surface area contributed by atoms with E-state index in [-0.39, 0.29) is 0 Å². The maximum absolute atomic E-state index is 4.47. The van der Waals surface area contributed by atoms with Crippen molar-refractivity contribution >= 4 is 27.8 Å². The van der Waals surface area contributed by atoms with Crippen LogP contribution in [0, 0.1) is 6.92 Å². The summed E-state index contributed by atoms with van der Waals surface area (Å²) in [5.41, 5.74) is 4.39. The summed E-state index contributed by atoms with van der Waals surface area (Å²) < 4.78 is 0. The van der Waals surface area contributed by atoms with Crippen molar-refractivity contribution in [2.45, 2.75) is 19.8 Å². The van der Waals surface area contributed by atoms with Crippen molar-refractivity contribution in [1.29, 1.82) is 0 Å². The average molecular weight is 296 g/mol. The molecule has 4 rings (SSSR count). The predicted octanol–water partition coefficient (Wildman–Crippen LogP) is 1.51. The highest BCUT2D eigenvalue weighted by Gasteiger charge is 2.15. The first-order chi connectivity index (χ1) is 10.8. The molecule has 114 valence electrons. The number of likely N-dealkylation sites (tertiary alicyclic amines) is 1. The molecule has 0 atom stereocenters. The highest BCUT2D eigenvalue weighted by Crippen LogP contribution is 2.27. The van der Waals surface area contributed by atoms with E-state index in [1.807, 2.05) is 0 Å². The molecule has 1 aromatic carbocycles. The quantitative estimate of drug-likeness (QED) is 0.684. The normalized spacial score (nSPS) is 15.9. The summed E-state index contributed by atoms with van der Waals surface area (Å²) in [5, 5.41) is 4.66. The van der Waals surface area contributed by atoms with Crippen molar-refractivity contribution < 1.29 is 4.90 Å². The van der Waals surface area contributed by atoms with E-state index in [4.69, 9.17) is 0 Å². The van der Waals surface area contributed by atoms with Crippen LogP contribution in [0.1, 0.15) is 18.4 Å². The Morgan fingerprint density at radius 1 is 1.23 bits per heavy atom. The molecule has 0 unspecified atom stereocenters. The summed E-state index contributed by atoms with van der Waals surface area (Å²) in [7, 11) is 0. The molecule has 1 aliphatic rings. The van der Waals surface area contributed by atoms with Crippen LogP contribution in [-0.4, -0.2) is 41.1 Å². The molecule has 0 radical (unpaired) electrons. The maximum atomic E-state index is 4.47. The first kappa shape index (κ1) is 13.5. The van der Waals surface area contributed by atoms with E-state index in [0.717, 1.165) is 35.5 Å². The lowest BCUT2D eigenvalue weighted by Crippen LogP contribution is -3.10. The number of aromatic amines is 1. The second-order valence-corrected chi connectivity index (χ2v) is 6.25. The molecule has 22 heavy (non-hydrogen) atoms. The van der Waals surface area contributed by atoms with Gasteiger partial charge in [0, 0.05) is 23.7 Å². The molecule has 2 aromatic heterocycles. The Bertz CT molecular complexity index is 801. The summed E-state index contributed by atoms with van der Waals surface area (Å²) >= 11 is 0. The Kier molecular flexibility index (Phi) is 3.42. The fraction of sp³-hybridized carbons (Fsp3) is 0.412. The van der Waals surface area contributed by atoms with Crippen LogP contribution in [0.5, 0.6) is 0 Å². The number of nitrogens with zero attached hydrogens (tertiary/aromatic N) is 2. The lowest BCUT2D eigenvalue weighted by Gasteiger charge is -2.12. The first-order valence-electron chi connectivity index (χ1n) is 8.12. The second-order valence-electron chi connectivity index (χ2n) is 6.25. The smallest absolute Gasteiger partial charge is 0.154 e. The van der Waals surface area contributed by atoms with Gasteiger partial charge in [0.25, 0.3) is 0 Å². The van der Waals surface area contributed by atoms with Crippen molar-refractivity contribution in [3.63, 3.8) is 0 Å². The largest absolute Gasteiger partial charge is 0.363 e. The molecular weight excluding hydrogens is 274 g/mol. The zero-order valence-electron chi connectivity index (χ0n) is 12.9. The summed E-state index contributed by atoms with van der Waals surface area (Å²) in [6.45, 7) is 6.84. The van der Waals surface area contributed by atoms with Gasteiger partial charge in [-0.05, 0) is 19.1 Å². The summed E-state index contributed by atoms with van der Waals surface area (Å²) in [6.07, 6.45) is 4.39. The molecule has 0 saturated carbocycles. The molecule has 0 amide bonds. The van der Waals surface area contributed by atoms with Crippen LogP contribution in [0.15, 0.2) is 24.5 Å². The number of hydrogen-bond acceptors (Lipinski definition) is 3. The molecule has 5 heteroatoms. The molecule has 0 spiro atoms. The number of rotatable bonds is 4. The number of aryl methyl sites for hydroxylation is 1. The third kappa shape index (κ3) is 2.41. The van der Waals surface area contributed by atoms with Crippen LogP contribution < -0.4 is 10.2 Å². The van der Waals surface area contributed by atoms with Gasteiger partial charge in [-0.1, -0.05) is 11.6 Å². The number of fused-ring (bicyclic) bond motifs is 3. The first-order valence-corrected chi connectivity index (χ1v) is 8.12. The van der Waals surface area contributed by atoms with E-state index in [2.05, 4.69) is 45.4 Å². The molecule has 1 saturated heterocycles. The van der Waals surface area contributed by atoms with Gasteiger partial charge >= 0.3 is 0 Å². The van der Waals surface area contributed by atoms with Gasteiger partial charge in [0.15, 0.2) is 5.82 Å². The molecule has 5 nitrogen and oxygen atoms in total. The van der Waals surface area contributed by atoms with Gasteiger partial charge < -0.3 is 15.2 Å². The zero-order valence-corrected chi connectivity index (χ0v) is 12.9. The van der Waals surface area contributed by atoms with E-state index in [9.17, 15) is 0 Å². The number of benzene rings is 1. The maximum Gasteiger partial charge on any atom is 0.154 e. The monoisotopic (exact) mass is 296 g/mol. The van der Waals surface area contributed by atoms with E-state index in [1.165, 1.54) is 36.9 Å².